The van der Waals surface area contributed by atoms with Crippen LogP contribution in [0.3, 0.4) is 0 Å². The van der Waals surface area contributed by atoms with Gasteiger partial charge in [-0.3, -0.25) is 9.59 Å². The van der Waals surface area contributed by atoms with E-state index < -0.39 is 5.97 Å². The van der Waals surface area contributed by atoms with E-state index in [1.165, 1.54) is 11.0 Å². The predicted molar refractivity (Wildman–Crippen MR) is 62.7 cm³/mol. The van der Waals surface area contributed by atoms with Crippen molar-refractivity contribution in [2.24, 2.45) is 0 Å². The number of piperidine rings is 1. The van der Waals surface area contributed by atoms with Crippen LogP contribution >= 0.6 is 0 Å². The van der Waals surface area contributed by atoms with E-state index in [0.717, 1.165) is 18.9 Å². The predicted octanol–water partition coefficient (Wildman–Crippen LogP) is -0.150. The molecule has 0 spiro atoms. The van der Waals surface area contributed by atoms with E-state index in [2.05, 4.69) is 0 Å². The Balaban J connectivity index is 2.03. The monoisotopic (exact) mass is 252 g/mol. The van der Waals surface area contributed by atoms with E-state index in [9.17, 15) is 14.4 Å². The lowest BCUT2D eigenvalue weighted by Gasteiger charge is -2.42. The van der Waals surface area contributed by atoms with E-state index >= 15 is 0 Å². The second kappa shape index (κ2) is 5.20. The highest BCUT2D eigenvalue weighted by atomic mass is 16.4. The summed E-state index contributed by atoms with van der Waals surface area (Å²) in [7, 11) is 0. The number of carbonyl (C=O) groups is 3. The van der Waals surface area contributed by atoms with Gasteiger partial charge in [-0.1, -0.05) is 6.08 Å². The van der Waals surface area contributed by atoms with Gasteiger partial charge in [0.2, 0.25) is 11.8 Å². The molecule has 1 atom stereocenters. The molecule has 6 nitrogen and oxygen atoms in total. The van der Waals surface area contributed by atoms with Crippen molar-refractivity contribution in [3.8, 4) is 0 Å². The van der Waals surface area contributed by atoms with Gasteiger partial charge in [-0.25, -0.2) is 4.79 Å². The van der Waals surface area contributed by atoms with Crippen LogP contribution in [0.2, 0.25) is 0 Å². The number of fused-ring (bicyclic) bond motifs is 1. The van der Waals surface area contributed by atoms with Crippen LogP contribution in [-0.4, -0.2) is 58.4 Å². The molecule has 1 N–H and O–H groups in total. The highest BCUT2D eigenvalue weighted by molar-refractivity contribution is 5.95. The number of carboxylic acid groups (broad SMARTS) is 1. The third-order valence-corrected chi connectivity index (χ3v) is 3.33. The molecule has 2 rings (SSSR count). The first kappa shape index (κ1) is 12.6. The maximum Gasteiger partial charge on any atom is 0.328 e. The van der Waals surface area contributed by atoms with Crippen molar-refractivity contribution in [1.29, 1.82) is 0 Å². The number of rotatable bonds is 3. The zero-order chi connectivity index (χ0) is 13.1. The van der Waals surface area contributed by atoms with Gasteiger partial charge in [-0.05, 0) is 19.3 Å². The lowest BCUT2D eigenvalue weighted by atomic mass is 9.98. The second-order valence-electron chi connectivity index (χ2n) is 4.56. The number of carboxylic acids is 1. The molecule has 0 bridgehead atoms. The van der Waals surface area contributed by atoms with Crippen molar-refractivity contribution in [1.82, 2.24) is 9.80 Å². The van der Waals surface area contributed by atoms with Gasteiger partial charge in [0, 0.05) is 19.2 Å². The maximum atomic E-state index is 12.1. The van der Waals surface area contributed by atoms with Crippen LogP contribution in [0.1, 0.15) is 19.3 Å². The number of carbonyl (C=O) groups excluding carboxylic acids is 2. The Morgan fingerprint density at radius 3 is 2.89 bits per heavy atom. The van der Waals surface area contributed by atoms with Crippen LogP contribution in [0.5, 0.6) is 0 Å². The van der Waals surface area contributed by atoms with Crippen LogP contribution in [0.25, 0.3) is 0 Å². The summed E-state index contributed by atoms with van der Waals surface area (Å²) in [5.74, 6) is -1.16. The summed E-state index contributed by atoms with van der Waals surface area (Å²) < 4.78 is 0. The molecule has 0 aromatic carbocycles. The number of nitrogens with zero attached hydrogens (tertiary/aromatic N) is 2. The molecule has 0 aromatic rings. The highest BCUT2D eigenvalue weighted by Crippen LogP contribution is 2.22. The minimum Gasteiger partial charge on any atom is -0.478 e. The van der Waals surface area contributed by atoms with E-state index in [-0.39, 0.29) is 30.9 Å². The Morgan fingerprint density at radius 1 is 1.39 bits per heavy atom. The van der Waals surface area contributed by atoms with Crippen molar-refractivity contribution < 1.29 is 19.5 Å². The Bertz CT molecular complexity index is 405. The highest BCUT2D eigenvalue weighted by Gasteiger charge is 2.39. The van der Waals surface area contributed by atoms with Crippen molar-refractivity contribution >= 4 is 17.8 Å². The normalized spacial score (nSPS) is 24.6. The minimum atomic E-state index is -1.05. The Morgan fingerprint density at radius 2 is 2.17 bits per heavy atom. The topological polar surface area (TPSA) is 77.9 Å². The van der Waals surface area contributed by atoms with Crippen LogP contribution in [-0.2, 0) is 14.4 Å². The largest absolute Gasteiger partial charge is 0.478 e. The number of amides is 2. The third kappa shape index (κ3) is 2.52. The molecule has 1 unspecified atom stereocenters. The molecule has 98 valence electrons. The van der Waals surface area contributed by atoms with Crippen molar-refractivity contribution in [2.75, 3.05) is 19.6 Å². The summed E-state index contributed by atoms with van der Waals surface area (Å²) in [5, 5.41) is 8.48. The van der Waals surface area contributed by atoms with E-state index in [4.69, 9.17) is 5.11 Å². The fourth-order valence-corrected chi connectivity index (χ4v) is 2.46. The van der Waals surface area contributed by atoms with Gasteiger partial charge in [0.1, 0.15) is 12.6 Å². The first-order chi connectivity index (χ1) is 8.59. The fourth-order valence-electron chi connectivity index (χ4n) is 2.46. The average molecular weight is 252 g/mol. The molecule has 18 heavy (non-hydrogen) atoms. The summed E-state index contributed by atoms with van der Waals surface area (Å²) in [4.78, 5) is 37.4. The lowest BCUT2D eigenvalue weighted by molar-refractivity contribution is -0.157. The molecular weight excluding hydrogens is 236 g/mol. The van der Waals surface area contributed by atoms with Gasteiger partial charge in [0.05, 0.1) is 0 Å². The Kier molecular flexibility index (Phi) is 3.64. The molecule has 2 aliphatic heterocycles. The molecule has 2 fully saturated rings. The van der Waals surface area contributed by atoms with E-state index in [1.54, 1.807) is 4.90 Å². The van der Waals surface area contributed by atoms with Crippen molar-refractivity contribution in [2.45, 2.75) is 25.3 Å². The van der Waals surface area contributed by atoms with Crippen LogP contribution in [0.4, 0.5) is 0 Å². The standard InChI is InChI=1S/C12H16N2O4/c15-10-8-13(6-3-5-11(16)17)12(18)9-4-1-2-7-14(9)10/h3,5,9H,1-2,4,6-8H2,(H,16,17)/b5-3+. The van der Waals surface area contributed by atoms with Gasteiger partial charge in [-0.2, -0.15) is 0 Å². The maximum absolute atomic E-state index is 12.1. The lowest BCUT2D eigenvalue weighted by Crippen LogP contribution is -2.61. The Labute approximate surface area is 105 Å². The average Bonchev–Trinajstić information content (AvgIpc) is 2.35. The summed E-state index contributed by atoms with van der Waals surface area (Å²) in [6.07, 6.45) is 5.01. The number of hydrogen-bond acceptors (Lipinski definition) is 3. The SMILES string of the molecule is O=C(O)/C=C/CN1CC(=O)N2CCCCC2C1=O. The third-order valence-electron chi connectivity index (χ3n) is 3.33. The zero-order valence-electron chi connectivity index (χ0n) is 10.0. The van der Waals surface area contributed by atoms with Gasteiger partial charge in [0.25, 0.3) is 0 Å². The van der Waals surface area contributed by atoms with Gasteiger partial charge < -0.3 is 14.9 Å². The number of piperazine rings is 1. The van der Waals surface area contributed by atoms with Crippen molar-refractivity contribution in [3.63, 3.8) is 0 Å². The van der Waals surface area contributed by atoms with Crippen LogP contribution < -0.4 is 0 Å². The molecule has 0 aromatic heterocycles. The first-order valence-corrected chi connectivity index (χ1v) is 6.07. The zero-order valence-corrected chi connectivity index (χ0v) is 10.0. The quantitative estimate of drug-likeness (QED) is 0.709. The first-order valence-electron chi connectivity index (χ1n) is 6.07. The molecule has 6 heteroatoms. The summed E-state index contributed by atoms with van der Waals surface area (Å²) in [6, 6.07) is -0.335. The number of hydrogen-bond donors (Lipinski definition) is 1. The molecule has 2 heterocycles. The van der Waals surface area contributed by atoms with E-state index in [1.807, 2.05) is 0 Å². The summed E-state index contributed by atoms with van der Waals surface area (Å²) >= 11 is 0. The van der Waals surface area contributed by atoms with Gasteiger partial charge in [-0.15, -0.1) is 0 Å². The smallest absolute Gasteiger partial charge is 0.328 e. The summed E-state index contributed by atoms with van der Waals surface area (Å²) in [5.41, 5.74) is 0. The molecule has 0 saturated carbocycles. The van der Waals surface area contributed by atoms with Gasteiger partial charge >= 0.3 is 5.97 Å². The number of aliphatic carboxylic acids is 1. The molecule has 2 aliphatic rings. The van der Waals surface area contributed by atoms with E-state index in [0.29, 0.717) is 13.0 Å². The fraction of sp³-hybridized carbons (Fsp3) is 0.583. The second-order valence-corrected chi connectivity index (χ2v) is 4.56. The molecule has 2 amide bonds. The molecule has 0 aliphatic carbocycles. The van der Waals surface area contributed by atoms with Gasteiger partial charge in [0.15, 0.2) is 0 Å². The summed E-state index contributed by atoms with van der Waals surface area (Å²) in [6.45, 7) is 0.897. The molecule has 2 saturated heterocycles. The van der Waals surface area contributed by atoms with Crippen LogP contribution in [0, 0.1) is 0 Å². The van der Waals surface area contributed by atoms with Crippen LogP contribution in [0.15, 0.2) is 12.2 Å². The van der Waals surface area contributed by atoms with Crippen molar-refractivity contribution in [3.05, 3.63) is 12.2 Å². The Hall–Kier alpha value is -1.85. The molecular formula is C12H16N2O4. The minimum absolute atomic E-state index is 0.0389. The molecule has 0 radical (unpaired) electrons.